The van der Waals surface area contributed by atoms with Crippen molar-refractivity contribution >= 4 is 17.7 Å². The van der Waals surface area contributed by atoms with Crippen LogP contribution in [0.5, 0.6) is 5.75 Å². The summed E-state index contributed by atoms with van der Waals surface area (Å²) in [5.74, 6) is 0.392. The van der Waals surface area contributed by atoms with Gasteiger partial charge in [0.2, 0.25) is 17.7 Å². The molecule has 3 aromatic carbocycles. The molecule has 4 rings (SSSR count). The van der Waals surface area contributed by atoms with Crippen LogP contribution in [0.2, 0.25) is 0 Å². The molecule has 43 heavy (non-hydrogen) atoms. The highest BCUT2D eigenvalue weighted by Gasteiger charge is 2.35. The van der Waals surface area contributed by atoms with Crippen molar-refractivity contribution < 1.29 is 19.1 Å². The second kappa shape index (κ2) is 15.9. The molecule has 8 heteroatoms. The third kappa shape index (κ3) is 9.41. The van der Waals surface area contributed by atoms with Crippen LogP contribution in [0.25, 0.3) is 0 Å². The van der Waals surface area contributed by atoms with E-state index >= 15 is 0 Å². The molecule has 0 aliphatic carbocycles. The van der Waals surface area contributed by atoms with E-state index < -0.39 is 12.1 Å². The summed E-state index contributed by atoms with van der Waals surface area (Å²) in [5, 5.41) is 5.95. The number of carbonyl (C=O) groups is 3. The largest absolute Gasteiger partial charge is 0.489 e. The number of hydrogen-bond acceptors (Lipinski definition) is 5. The van der Waals surface area contributed by atoms with Crippen LogP contribution < -0.4 is 15.4 Å². The van der Waals surface area contributed by atoms with Crippen LogP contribution in [0.1, 0.15) is 43.4 Å². The van der Waals surface area contributed by atoms with E-state index in [1.54, 1.807) is 20.9 Å². The van der Waals surface area contributed by atoms with Crippen molar-refractivity contribution in [1.29, 1.82) is 0 Å². The predicted molar refractivity (Wildman–Crippen MR) is 169 cm³/mol. The predicted octanol–water partition coefficient (Wildman–Crippen LogP) is 3.98. The number of rotatable bonds is 14. The van der Waals surface area contributed by atoms with Crippen LogP contribution in [-0.2, 0) is 33.8 Å². The van der Waals surface area contributed by atoms with Gasteiger partial charge in [0, 0.05) is 39.0 Å². The summed E-state index contributed by atoms with van der Waals surface area (Å²) in [6, 6.07) is 26.5. The van der Waals surface area contributed by atoms with E-state index in [1.807, 2.05) is 82.6 Å². The Labute approximate surface area is 255 Å². The summed E-state index contributed by atoms with van der Waals surface area (Å²) in [4.78, 5) is 43.2. The van der Waals surface area contributed by atoms with Gasteiger partial charge in [-0.05, 0) is 62.1 Å². The maximum Gasteiger partial charge on any atom is 0.245 e. The molecule has 0 aromatic heterocycles. The zero-order valence-corrected chi connectivity index (χ0v) is 25.5. The zero-order chi connectivity index (χ0) is 30.6. The molecule has 228 valence electrons. The molecule has 8 nitrogen and oxygen atoms in total. The van der Waals surface area contributed by atoms with Gasteiger partial charge in [-0.2, -0.15) is 0 Å². The van der Waals surface area contributed by atoms with Gasteiger partial charge in [0.25, 0.3) is 0 Å². The van der Waals surface area contributed by atoms with Gasteiger partial charge < -0.3 is 25.2 Å². The molecule has 0 radical (unpaired) electrons. The number of likely N-dealkylation sites (tertiary alicyclic amines) is 1. The number of benzene rings is 3. The summed E-state index contributed by atoms with van der Waals surface area (Å²) >= 11 is 0. The first kappa shape index (κ1) is 31.8. The van der Waals surface area contributed by atoms with Gasteiger partial charge in [0.15, 0.2) is 0 Å². The fourth-order valence-corrected chi connectivity index (χ4v) is 5.38. The lowest BCUT2D eigenvalue weighted by atomic mass is 10.0. The number of amides is 3. The minimum absolute atomic E-state index is 0.00231. The molecule has 0 unspecified atom stereocenters. The molecule has 0 spiro atoms. The van der Waals surface area contributed by atoms with E-state index in [2.05, 4.69) is 22.8 Å². The topological polar surface area (TPSA) is 91.0 Å². The summed E-state index contributed by atoms with van der Waals surface area (Å²) in [6.07, 6.45) is 2.80. The lowest BCUT2D eigenvalue weighted by molar-refractivity contribution is -0.139. The van der Waals surface area contributed by atoms with Crippen molar-refractivity contribution in [3.05, 3.63) is 102 Å². The summed E-state index contributed by atoms with van der Waals surface area (Å²) in [6.45, 7) is 5.51. The quantitative estimate of drug-likeness (QED) is 0.299. The second-order valence-corrected chi connectivity index (χ2v) is 11.2. The van der Waals surface area contributed by atoms with E-state index in [0.29, 0.717) is 32.7 Å². The number of likely N-dealkylation sites (N-methyl/N-ethyl adjacent to an activating group) is 1. The monoisotopic (exact) mass is 584 g/mol. The van der Waals surface area contributed by atoms with Crippen molar-refractivity contribution in [3.63, 3.8) is 0 Å². The van der Waals surface area contributed by atoms with Crippen molar-refractivity contribution in [1.82, 2.24) is 20.4 Å². The second-order valence-electron chi connectivity index (χ2n) is 11.2. The van der Waals surface area contributed by atoms with Gasteiger partial charge in [0.05, 0.1) is 6.04 Å². The Morgan fingerprint density at radius 3 is 2.21 bits per heavy atom. The molecule has 3 atom stereocenters. The molecule has 0 saturated carbocycles. The SMILES string of the molecule is CN[C@@H](C)C(=O)N[C@@H](Cc1ccc(OCc2ccccc2)cc1)C(=O)N1CCC[C@H]1CN(CCc1ccccc1)C(C)=O. The van der Waals surface area contributed by atoms with E-state index in [-0.39, 0.29) is 23.8 Å². The molecular formula is C35H44N4O4. The minimum atomic E-state index is -0.727. The standard InChI is InChI=1S/C35H44N4O4/c1-26(36-3)34(41)37-33(23-29-16-18-32(19-17-29)43-25-30-13-8-5-9-14-30)35(42)39-21-10-15-31(39)24-38(27(2)40)22-20-28-11-6-4-7-12-28/h4-9,11-14,16-19,26,31,33,36H,10,15,20-25H2,1-3H3,(H,37,41)/t26-,31-,33-/m0/s1. The van der Waals surface area contributed by atoms with Crippen molar-refractivity contribution in [2.24, 2.45) is 0 Å². The van der Waals surface area contributed by atoms with Crippen LogP contribution >= 0.6 is 0 Å². The highest BCUT2D eigenvalue weighted by atomic mass is 16.5. The van der Waals surface area contributed by atoms with Crippen LogP contribution in [0.4, 0.5) is 0 Å². The number of ether oxygens (including phenoxy) is 1. The van der Waals surface area contributed by atoms with Gasteiger partial charge >= 0.3 is 0 Å². The summed E-state index contributed by atoms with van der Waals surface area (Å²) in [7, 11) is 1.72. The molecule has 1 heterocycles. The van der Waals surface area contributed by atoms with Crippen LogP contribution in [-0.4, -0.2) is 72.3 Å². The van der Waals surface area contributed by atoms with Crippen molar-refractivity contribution in [2.75, 3.05) is 26.7 Å². The maximum absolute atomic E-state index is 14.0. The third-order valence-corrected chi connectivity index (χ3v) is 8.10. The Morgan fingerprint density at radius 1 is 0.930 bits per heavy atom. The van der Waals surface area contributed by atoms with Crippen molar-refractivity contribution in [3.8, 4) is 5.75 Å². The van der Waals surface area contributed by atoms with Gasteiger partial charge in [-0.1, -0.05) is 72.8 Å². The Kier molecular flexibility index (Phi) is 11.7. The maximum atomic E-state index is 14.0. The highest BCUT2D eigenvalue weighted by molar-refractivity contribution is 5.90. The first-order chi connectivity index (χ1) is 20.8. The minimum Gasteiger partial charge on any atom is -0.489 e. The van der Waals surface area contributed by atoms with Gasteiger partial charge in [-0.3, -0.25) is 14.4 Å². The molecule has 1 aliphatic rings. The molecular weight excluding hydrogens is 540 g/mol. The molecule has 0 bridgehead atoms. The highest BCUT2D eigenvalue weighted by Crippen LogP contribution is 2.22. The van der Waals surface area contributed by atoms with E-state index in [9.17, 15) is 14.4 Å². The fourth-order valence-electron chi connectivity index (χ4n) is 5.38. The molecule has 3 amide bonds. The Bertz CT molecular complexity index is 1320. The van der Waals surface area contributed by atoms with E-state index in [0.717, 1.165) is 36.1 Å². The smallest absolute Gasteiger partial charge is 0.245 e. The van der Waals surface area contributed by atoms with E-state index in [1.165, 1.54) is 5.56 Å². The Hall–Kier alpha value is -4.17. The Balaban J connectivity index is 1.43. The number of nitrogens with zero attached hydrogens (tertiary/aromatic N) is 2. The average Bonchev–Trinajstić information content (AvgIpc) is 3.50. The zero-order valence-electron chi connectivity index (χ0n) is 25.5. The first-order valence-electron chi connectivity index (χ1n) is 15.2. The molecule has 2 N–H and O–H groups in total. The van der Waals surface area contributed by atoms with Gasteiger partial charge in [-0.15, -0.1) is 0 Å². The molecule has 1 aliphatic heterocycles. The van der Waals surface area contributed by atoms with Gasteiger partial charge in [0.1, 0.15) is 18.4 Å². The van der Waals surface area contributed by atoms with E-state index in [4.69, 9.17) is 4.74 Å². The third-order valence-electron chi connectivity index (χ3n) is 8.10. The average molecular weight is 585 g/mol. The van der Waals surface area contributed by atoms with Crippen LogP contribution in [0, 0.1) is 0 Å². The number of nitrogens with one attached hydrogen (secondary N) is 2. The molecule has 1 saturated heterocycles. The fraction of sp³-hybridized carbons (Fsp3) is 0.400. The van der Waals surface area contributed by atoms with Crippen LogP contribution in [0.15, 0.2) is 84.9 Å². The van der Waals surface area contributed by atoms with Crippen molar-refractivity contribution in [2.45, 2.75) is 64.3 Å². The van der Waals surface area contributed by atoms with Crippen LogP contribution in [0.3, 0.4) is 0 Å². The number of carbonyl (C=O) groups excluding carboxylic acids is 3. The summed E-state index contributed by atoms with van der Waals surface area (Å²) < 4.78 is 5.92. The van der Waals surface area contributed by atoms with Gasteiger partial charge in [-0.25, -0.2) is 0 Å². The lowest BCUT2D eigenvalue weighted by Gasteiger charge is -2.33. The normalized spacial score (nSPS) is 15.9. The Morgan fingerprint density at radius 2 is 1.58 bits per heavy atom. The molecule has 3 aromatic rings. The first-order valence-corrected chi connectivity index (χ1v) is 15.2. The lowest BCUT2D eigenvalue weighted by Crippen LogP contribution is -2.55. The number of hydrogen-bond donors (Lipinski definition) is 2. The molecule has 1 fully saturated rings. The summed E-state index contributed by atoms with van der Waals surface area (Å²) in [5.41, 5.74) is 3.18.